The van der Waals surface area contributed by atoms with Crippen LogP contribution in [0.2, 0.25) is 5.02 Å². The second-order valence-electron chi connectivity index (χ2n) is 4.50. The highest BCUT2D eigenvalue weighted by Gasteiger charge is 2.06. The van der Waals surface area contributed by atoms with Crippen molar-refractivity contribution in [3.63, 3.8) is 0 Å². The Morgan fingerprint density at radius 2 is 2.10 bits per heavy atom. The SMILES string of the molecule is CCCNc1ncc(Cl)c(Nc2cccc(CC)c2)n1. The third-order valence-electron chi connectivity index (χ3n) is 2.88. The number of nitrogens with one attached hydrogen (secondary N) is 2. The van der Waals surface area contributed by atoms with Gasteiger partial charge in [0.15, 0.2) is 5.82 Å². The molecule has 0 radical (unpaired) electrons. The standard InChI is InChI=1S/C15H19ClN4/c1-3-8-17-15-18-10-13(16)14(20-15)19-12-7-5-6-11(4-2)9-12/h5-7,9-10H,3-4,8H2,1-2H3,(H2,17,18,19,20). The number of hydrogen-bond acceptors (Lipinski definition) is 4. The molecule has 4 nitrogen and oxygen atoms in total. The molecule has 1 aromatic carbocycles. The van der Waals surface area contributed by atoms with Crippen molar-refractivity contribution < 1.29 is 0 Å². The van der Waals surface area contributed by atoms with Crippen LogP contribution >= 0.6 is 11.6 Å². The third kappa shape index (κ3) is 3.84. The minimum absolute atomic E-state index is 0.508. The van der Waals surface area contributed by atoms with E-state index in [1.807, 2.05) is 12.1 Å². The van der Waals surface area contributed by atoms with Crippen LogP contribution < -0.4 is 10.6 Å². The molecule has 0 saturated heterocycles. The first-order chi connectivity index (χ1) is 9.72. The van der Waals surface area contributed by atoms with Crippen molar-refractivity contribution in [2.45, 2.75) is 26.7 Å². The van der Waals surface area contributed by atoms with Gasteiger partial charge in [-0.05, 0) is 30.5 Å². The molecular formula is C15H19ClN4. The summed E-state index contributed by atoms with van der Waals surface area (Å²) in [4.78, 5) is 8.55. The van der Waals surface area contributed by atoms with E-state index >= 15 is 0 Å². The molecular weight excluding hydrogens is 272 g/mol. The van der Waals surface area contributed by atoms with Crippen molar-refractivity contribution in [2.75, 3.05) is 17.2 Å². The average Bonchev–Trinajstić information content (AvgIpc) is 2.48. The van der Waals surface area contributed by atoms with E-state index in [1.54, 1.807) is 6.20 Å². The summed E-state index contributed by atoms with van der Waals surface area (Å²) in [5.74, 6) is 1.21. The number of nitrogens with zero attached hydrogens (tertiary/aromatic N) is 2. The van der Waals surface area contributed by atoms with Crippen LogP contribution in [0, 0.1) is 0 Å². The first-order valence-corrected chi connectivity index (χ1v) is 7.23. The maximum atomic E-state index is 6.14. The summed E-state index contributed by atoms with van der Waals surface area (Å²) >= 11 is 6.14. The molecule has 2 N–H and O–H groups in total. The number of aromatic nitrogens is 2. The van der Waals surface area contributed by atoms with Crippen molar-refractivity contribution in [3.8, 4) is 0 Å². The third-order valence-corrected chi connectivity index (χ3v) is 3.15. The fourth-order valence-electron chi connectivity index (χ4n) is 1.78. The molecule has 0 bridgehead atoms. The predicted octanol–water partition coefficient (Wildman–Crippen LogP) is 4.26. The molecule has 0 saturated carbocycles. The van der Waals surface area contributed by atoms with Gasteiger partial charge in [0.2, 0.25) is 5.95 Å². The monoisotopic (exact) mass is 290 g/mol. The summed E-state index contributed by atoms with van der Waals surface area (Å²) in [5.41, 5.74) is 2.25. The lowest BCUT2D eigenvalue weighted by Crippen LogP contribution is -2.06. The Morgan fingerprint density at radius 3 is 2.85 bits per heavy atom. The Bertz CT molecular complexity index is 572. The summed E-state index contributed by atoms with van der Waals surface area (Å²) in [6.45, 7) is 5.06. The molecule has 106 valence electrons. The van der Waals surface area contributed by atoms with Crippen molar-refractivity contribution in [2.24, 2.45) is 0 Å². The number of halogens is 1. The smallest absolute Gasteiger partial charge is 0.224 e. The van der Waals surface area contributed by atoms with Gasteiger partial charge in [-0.25, -0.2) is 4.98 Å². The number of rotatable bonds is 6. The van der Waals surface area contributed by atoms with E-state index in [0.717, 1.165) is 25.1 Å². The first kappa shape index (κ1) is 14.6. The minimum atomic E-state index is 0.508. The maximum absolute atomic E-state index is 6.14. The number of hydrogen-bond donors (Lipinski definition) is 2. The fraction of sp³-hybridized carbons (Fsp3) is 0.333. The van der Waals surface area contributed by atoms with Crippen LogP contribution in [0.4, 0.5) is 17.5 Å². The minimum Gasteiger partial charge on any atom is -0.354 e. The van der Waals surface area contributed by atoms with Crippen LogP contribution in [0.15, 0.2) is 30.5 Å². The second kappa shape index (κ2) is 7.10. The van der Waals surface area contributed by atoms with Gasteiger partial charge in [0.25, 0.3) is 0 Å². The molecule has 1 aromatic heterocycles. The van der Waals surface area contributed by atoms with E-state index < -0.39 is 0 Å². The zero-order chi connectivity index (χ0) is 14.4. The van der Waals surface area contributed by atoms with Crippen molar-refractivity contribution >= 4 is 29.1 Å². The zero-order valence-electron chi connectivity index (χ0n) is 11.8. The molecule has 0 fully saturated rings. The fourth-order valence-corrected chi connectivity index (χ4v) is 1.92. The molecule has 0 aliphatic heterocycles. The Balaban J connectivity index is 2.18. The quantitative estimate of drug-likeness (QED) is 0.835. The molecule has 5 heteroatoms. The Kier molecular flexibility index (Phi) is 5.18. The highest BCUT2D eigenvalue weighted by molar-refractivity contribution is 6.32. The first-order valence-electron chi connectivity index (χ1n) is 6.85. The molecule has 0 spiro atoms. The van der Waals surface area contributed by atoms with Gasteiger partial charge in [-0.1, -0.05) is 37.6 Å². The zero-order valence-corrected chi connectivity index (χ0v) is 12.5. The number of aryl methyl sites for hydroxylation is 1. The summed E-state index contributed by atoms with van der Waals surface area (Å²) in [7, 11) is 0. The van der Waals surface area contributed by atoms with Gasteiger partial charge in [0.05, 0.1) is 6.20 Å². The second-order valence-corrected chi connectivity index (χ2v) is 4.90. The van der Waals surface area contributed by atoms with Crippen LogP contribution in [-0.2, 0) is 6.42 Å². The molecule has 2 rings (SSSR count). The summed E-state index contributed by atoms with van der Waals surface area (Å²) < 4.78 is 0. The maximum Gasteiger partial charge on any atom is 0.224 e. The highest BCUT2D eigenvalue weighted by Crippen LogP contribution is 2.24. The van der Waals surface area contributed by atoms with Gasteiger partial charge in [-0.3, -0.25) is 0 Å². The largest absolute Gasteiger partial charge is 0.354 e. The van der Waals surface area contributed by atoms with E-state index in [9.17, 15) is 0 Å². The topological polar surface area (TPSA) is 49.8 Å². The highest BCUT2D eigenvalue weighted by atomic mass is 35.5. The van der Waals surface area contributed by atoms with Crippen LogP contribution in [-0.4, -0.2) is 16.5 Å². The number of benzene rings is 1. The Morgan fingerprint density at radius 1 is 1.25 bits per heavy atom. The predicted molar refractivity (Wildman–Crippen MR) is 84.9 cm³/mol. The van der Waals surface area contributed by atoms with Crippen LogP contribution in [0.5, 0.6) is 0 Å². The van der Waals surface area contributed by atoms with Crippen LogP contribution in [0.1, 0.15) is 25.8 Å². The molecule has 0 aliphatic carbocycles. The van der Waals surface area contributed by atoms with E-state index in [1.165, 1.54) is 5.56 Å². The van der Waals surface area contributed by atoms with Crippen LogP contribution in [0.25, 0.3) is 0 Å². The summed E-state index contributed by atoms with van der Waals surface area (Å²) in [6.07, 6.45) is 3.63. The van der Waals surface area contributed by atoms with Gasteiger partial charge < -0.3 is 10.6 Å². The molecule has 20 heavy (non-hydrogen) atoms. The van der Waals surface area contributed by atoms with Crippen molar-refractivity contribution in [3.05, 3.63) is 41.0 Å². The van der Waals surface area contributed by atoms with Gasteiger partial charge in [0, 0.05) is 12.2 Å². The van der Waals surface area contributed by atoms with Crippen molar-refractivity contribution in [1.82, 2.24) is 9.97 Å². The molecule has 2 aromatic rings. The number of anilines is 3. The van der Waals surface area contributed by atoms with Gasteiger partial charge in [0.1, 0.15) is 5.02 Å². The molecule has 1 heterocycles. The van der Waals surface area contributed by atoms with E-state index in [0.29, 0.717) is 16.8 Å². The van der Waals surface area contributed by atoms with Gasteiger partial charge in [-0.15, -0.1) is 0 Å². The lowest BCUT2D eigenvalue weighted by Gasteiger charge is -2.10. The Hall–Kier alpha value is -1.81. The van der Waals surface area contributed by atoms with Gasteiger partial charge in [-0.2, -0.15) is 4.98 Å². The molecule has 0 unspecified atom stereocenters. The van der Waals surface area contributed by atoms with Crippen molar-refractivity contribution in [1.29, 1.82) is 0 Å². The summed E-state index contributed by atoms with van der Waals surface area (Å²) in [6, 6.07) is 8.21. The lowest BCUT2D eigenvalue weighted by atomic mass is 10.1. The van der Waals surface area contributed by atoms with Crippen LogP contribution in [0.3, 0.4) is 0 Å². The molecule has 0 amide bonds. The van der Waals surface area contributed by atoms with E-state index in [4.69, 9.17) is 11.6 Å². The molecule has 0 atom stereocenters. The normalized spacial score (nSPS) is 10.3. The molecule has 0 aliphatic rings. The lowest BCUT2D eigenvalue weighted by molar-refractivity contribution is 0.953. The summed E-state index contributed by atoms with van der Waals surface area (Å²) in [5, 5.41) is 6.90. The van der Waals surface area contributed by atoms with Gasteiger partial charge >= 0.3 is 0 Å². The van der Waals surface area contributed by atoms with E-state index in [2.05, 4.69) is 46.6 Å². The average molecular weight is 291 g/mol. The Labute approximate surface area is 124 Å². The van der Waals surface area contributed by atoms with E-state index in [-0.39, 0.29) is 0 Å².